The second-order valence-corrected chi connectivity index (χ2v) is 11.5. The molecule has 4 rings (SSSR count). The lowest BCUT2D eigenvalue weighted by molar-refractivity contribution is 0.0700. The third-order valence-electron chi connectivity index (χ3n) is 6.41. The molecule has 1 aliphatic carbocycles. The molecule has 1 aliphatic rings. The van der Waals surface area contributed by atoms with Crippen LogP contribution in [0.25, 0.3) is 0 Å². The maximum Gasteiger partial charge on any atom is 0.208 e. The van der Waals surface area contributed by atoms with Crippen LogP contribution in [0.2, 0.25) is 0 Å². The highest BCUT2D eigenvalue weighted by Gasteiger charge is 2.45. The predicted molar refractivity (Wildman–Crippen MR) is 140 cm³/mol. The number of benzene rings is 2. The van der Waals surface area contributed by atoms with E-state index < -0.39 is 15.4 Å². The summed E-state index contributed by atoms with van der Waals surface area (Å²) in [5.41, 5.74) is 2.52. The number of halogens is 1. The van der Waals surface area contributed by atoms with E-state index in [1.54, 1.807) is 6.26 Å². The second kappa shape index (κ2) is 12.2. The summed E-state index contributed by atoms with van der Waals surface area (Å²) in [6.07, 6.45) is 6.46. The predicted octanol–water partition coefficient (Wildman–Crippen LogP) is 4.98. The van der Waals surface area contributed by atoms with Crippen molar-refractivity contribution in [1.29, 1.82) is 0 Å². The number of hydrogen-bond acceptors (Lipinski definition) is 6. The highest BCUT2D eigenvalue weighted by atomic mass is 35.5. The molecule has 2 aromatic carbocycles. The SMILES string of the molecule is CS(=O)(=O)N[C@H]1CC[C@](COCCCc2cccc(OCc3ccccc3)c2)(c2nc(CCl)co2)C1. The number of aryl methyl sites for hydroxylation is 1. The zero-order chi connectivity index (χ0) is 25.4. The van der Waals surface area contributed by atoms with Gasteiger partial charge in [-0.3, -0.25) is 0 Å². The molecule has 1 heterocycles. The minimum absolute atomic E-state index is 0.173. The van der Waals surface area contributed by atoms with Gasteiger partial charge in [0.15, 0.2) is 0 Å². The van der Waals surface area contributed by atoms with Gasteiger partial charge in [-0.1, -0.05) is 42.5 Å². The topological polar surface area (TPSA) is 90.7 Å². The van der Waals surface area contributed by atoms with Gasteiger partial charge in [-0.05, 0) is 55.4 Å². The Labute approximate surface area is 218 Å². The van der Waals surface area contributed by atoms with Crippen molar-refractivity contribution in [3.8, 4) is 5.75 Å². The van der Waals surface area contributed by atoms with Gasteiger partial charge >= 0.3 is 0 Å². The summed E-state index contributed by atoms with van der Waals surface area (Å²) in [5.74, 6) is 1.68. The van der Waals surface area contributed by atoms with Gasteiger partial charge in [-0.2, -0.15) is 0 Å². The van der Waals surface area contributed by atoms with Crippen molar-refractivity contribution in [3.63, 3.8) is 0 Å². The summed E-state index contributed by atoms with van der Waals surface area (Å²) >= 11 is 5.92. The van der Waals surface area contributed by atoms with Crippen LogP contribution in [0.1, 0.15) is 48.4 Å². The number of nitrogens with zero attached hydrogens (tertiary/aromatic N) is 1. The van der Waals surface area contributed by atoms with E-state index in [9.17, 15) is 8.42 Å². The Hall–Kier alpha value is -2.39. The summed E-state index contributed by atoms with van der Waals surface area (Å²) < 4.78 is 44.0. The summed E-state index contributed by atoms with van der Waals surface area (Å²) in [5, 5.41) is 0. The maximum absolute atomic E-state index is 11.7. The Bertz CT molecular complexity index is 1220. The molecule has 0 radical (unpaired) electrons. The fourth-order valence-corrected chi connectivity index (χ4v) is 5.64. The van der Waals surface area contributed by atoms with Crippen LogP contribution in [0.15, 0.2) is 65.3 Å². The van der Waals surface area contributed by atoms with Crippen molar-refractivity contribution in [2.75, 3.05) is 19.5 Å². The van der Waals surface area contributed by atoms with Gasteiger partial charge in [0.25, 0.3) is 0 Å². The Morgan fingerprint density at radius 2 is 1.97 bits per heavy atom. The van der Waals surface area contributed by atoms with Crippen molar-refractivity contribution in [3.05, 3.63) is 83.6 Å². The lowest BCUT2D eigenvalue weighted by Crippen LogP contribution is -2.36. The molecule has 36 heavy (non-hydrogen) atoms. The molecular formula is C27H33ClN2O5S. The Balaban J connectivity index is 1.29. The van der Waals surface area contributed by atoms with E-state index in [1.807, 2.05) is 42.5 Å². The van der Waals surface area contributed by atoms with Gasteiger partial charge in [0.2, 0.25) is 15.9 Å². The quantitative estimate of drug-likeness (QED) is 0.246. The molecular weight excluding hydrogens is 500 g/mol. The molecule has 0 unspecified atom stereocenters. The number of ether oxygens (including phenoxy) is 2. The fourth-order valence-electron chi connectivity index (χ4n) is 4.71. The third kappa shape index (κ3) is 7.56. The molecule has 0 amide bonds. The van der Waals surface area contributed by atoms with Crippen LogP contribution in [0.3, 0.4) is 0 Å². The largest absolute Gasteiger partial charge is 0.489 e. The number of nitrogens with one attached hydrogen (secondary N) is 1. The highest BCUT2D eigenvalue weighted by Crippen LogP contribution is 2.41. The summed E-state index contributed by atoms with van der Waals surface area (Å²) in [6, 6.07) is 18.1. The maximum atomic E-state index is 11.7. The van der Waals surface area contributed by atoms with Crippen molar-refractivity contribution >= 4 is 21.6 Å². The molecule has 0 saturated heterocycles. The number of oxazole rings is 1. The number of alkyl halides is 1. The highest BCUT2D eigenvalue weighted by molar-refractivity contribution is 7.88. The standard InChI is InChI=1S/C27H33ClN2O5S/c1-36(31,32)30-23-12-13-27(16-23,26-29-24(17-28)19-35-26)20-33-14-6-10-21-9-5-11-25(15-21)34-18-22-7-3-2-4-8-22/h2-5,7-9,11,15,19,23,30H,6,10,12-14,16-18,20H2,1H3/t23-,27-/m0/s1. The van der Waals surface area contributed by atoms with E-state index in [-0.39, 0.29) is 11.9 Å². The average molecular weight is 533 g/mol. The van der Waals surface area contributed by atoms with Crippen LogP contribution in [0, 0.1) is 0 Å². The van der Waals surface area contributed by atoms with Crippen molar-refractivity contribution in [2.45, 2.75) is 56.0 Å². The van der Waals surface area contributed by atoms with Gasteiger partial charge in [-0.15, -0.1) is 11.6 Å². The summed E-state index contributed by atoms with van der Waals surface area (Å²) in [7, 11) is -3.30. The second-order valence-electron chi connectivity index (χ2n) is 9.47. The number of hydrogen-bond donors (Lipinski definition) is 1. The smallest absolute Gasteiger partial charge is 0.208 e. The van der Waals surface area contributed by atoms with Gasteiger partial charge in [0.1, 0.15) is 18.6 Å². The van der Waals surface area contributed by atoms with Crippen molar-refractivity contribution in [2.24, 2.45) is 0 Å². The van der Waals surface area contributed by atoms with E-state index >= 15 is 0 Å². The first-order valence-corrected chi connectivity index (χ1v) is 14.6. The first kappa shape index (κ1) is 26.7. The Kier molecular flexibility index (Phi) is 9.06. The molecule has 7 nitrogen and oxygen atoms in total. The van der Waals surface area contributed by atoms with E-state index in [0.717, 1.165) is 30.6 Å². The zero-order valence-electron chi connectivity index (χ0n) is 20.5. The lowest BCUT2D eigenvalue weighted by atomic mass is 9.86. The average Bonchev–Trinajstić information content (AvgIpc) is 3.51. The molecule has 0 aliphatic heterocycles. The number of sulfonamides is 1. The van der Waals surface area contributed by atoms with Crippen LogP contribution in [0.5, 0.6) is 5.75 Å². The van der Waals surface area contributed by atoms with Crippen LogP contribution in [0.4, 0.5) is 0 Å². The normalized spacial score (nSPS) is 20.0. The van der Waals surface area contributed by atoms with E-state index in [4.69, 9.17) is 25.5 Å². The van der Waals surface area contributed by atoms with Crippen LogP contribution in [-0.2, 0) is 39.1 Å². The van der Waals surface area contributed by atoms with Crippen LogP contribution >= 0.6 is 11.6 Å². The molecule has 1 saturated carbocycles. The molecule has 9 heteroatoms. The van der Waals surface area contributed by atoms with Crippen LogP contribution in [-0.4, -0.2) is 38.9 Å². The molecule has 1 fully saturated rings. The van der Waals surface area contributed by atoms with Gasteiger partial charge in [0, 0.05) is 12.6 Å². The Morgan fingerprint density at radius 3 is 2.72 bits per heavy atom. The molecule has 0 bridgehead atoms. The van der Waals surface area contributed by atoms with E-state index in [0.29, 0.717) is 44.2 Å². The fraction of sp³-hybridized carbons (Fsp3) is 0.444. The summed E-state index contributed by atoms with van der Waals surface area (Å²) in [6.45, 7) is 1.53. The zero-order valence-corrected chi connectivity index (χ0v) is 22.1. The number of aromatic nitrogens is 1. The third-order valence-corrected chi connectivity index (χ3v) is 7.45. The van der Waals surface area contributed by atoms with E-state index in [2.05, 4.69) is 21.8 Å². The summed E-state index contributed by atoms with van der Waals surface area (Å²) in [4.78, 5) is 4.54. The van der Waals surface area contributed by atoms with Crippen molar-refractivity contribution in [1.82, 2.24) is 9.71 Å². The Morgan fingerprint density at radius 1 is 1.17 bits per heavy atom. The number of rotatable bonds is 13. The van der Waals surface area contributed by atoms with Gasteiger partial charge < -0.3 is 13.9 Å². The molecule has 1 N–H and O–H groups in total. The van der Waals surface area contributed by atoms with Gasteiger partial charge in [-0.25, -0.2) is 18.1 Å². The first-order valence-electron chi connectivity index (χ1n) is 12.2. The minimum Gasteiger partial charge on any atom is -0.489 e. The van der Waals surface area contributed by atoms with Crippen molar-refractivity contribution < 1.29 is 22.3 Å². The molecule has 0 spiro atoms. The monoisotopic (exact) mass is 532 g/mol. The molecule has 1 aromatic heterocycles. The molecule has 194 valence electrons. The first-order chi connectivity index (χ1) is 17.4. The molecule has 2 atom stereocenters. The molecule has 3 aromatic rings. The van der Waals surface area contributed by atoms with Gasteiger partial charge in [0.05, 0.1) is 29.9 Å². The minimum atomic E-state index is -3.30. The van der Waals surface area contributed by atoms with E-state index in [1.165, 1.54) is 11.8 Å². The van der Waals surface area contributed by atoms with Crippen LogP contribution < -0.4 is 9.46 Å². The lowest BCUT2D eigenvalue weighted by Gasteiger charge is -2.26.